The first kappa shape index (κ1) is 20.9. The highest BCUT2D eigenvalue weighted by molar-refractivity contribution is 7.82. The highest BCUT2D eigenvalue weighted by atomic mass is 32.2. The molecular formula is C26H31N2OS+. The zero-order valence-corrected chi connectivity index (χ0v) is 19.3. The molecular weight excluding hydrogens is 388 g/mol. The Morgan fingerprint density at radius 2 is 1.97 bits per heavy atom. The zero-order valence-electron chi connectivity index (χ0n) is 18.4. The Labute approximate surface area is 184 Å². The van der Waals surface area contributed by atoms with Crippen molar-refractivity contribution in [2.75, 3.05) is 23.0 Å². The quantitative estimate of drug-likeness (QED) is 0.441. The highest BCUT2D eigenvalue weighted by Gasteiger charge is 2.39. The van der Waals surface area contributed by atoms with Crippen LogP contribution < -0.4 is 10.2 Å². The van der Waals surface area contributed by atoms with Gasteiger partial charge < -0.3 is 10.2 Å². The number of amides is 1. The van der Waals surface area contributed by atoms with Crippen LogP contribution in [-0.2, 0) is 29.5 Å². The van der Waals surface area contributed by atoms with Crippen molar-refractivity contribution in [2.24, 2.45) is 5.41 Å². The van der Waals surface area contributed by atoms with Gasteiger partial charge in [-0.2, -0.15) is 0 Å². The molecule has 1 aliphatic carbocycles. The van der Waals surface area contributed by atoms with Gasteiger partial charge >= 0.3 is 0 Å². The molecule has 2 aromatic rings. The maximum atomic E-state index is 12.5. The van der Waals surface area contributed by atoms with Crippen LogP contribution >= 0.6 is 0 Å². The Morgan fingerprint density at radius 3 is 2.63 bits per heavy atom. The van der Waals surface area contributed by atoms with Gasteiger partial charge in [0, 0.05) is 36.4 Å². The van der Waals surface area contributed by atoms with Crippen molar-refractivity contribution < 1.29 is 4.79 Å². The number of benzene rings is 2. The van der Waals surface area contributed by atoms with Gasteiger partial charge in [0.25, 0.3) is 0 Å². The van der Waals surface area contributed by atoms with Gasteiger partial charge in [0.1, 0.15) is 6.26 Å². The van der Waals surface area contributed by atoms with E-state index in [1.807, 2.05) is 6.26 Å². The molecule has 1 heterocycles. The Morgan fingerprint density at radius 1 is 1.23 bits per heavy atom. The van der Waals surface area contributed by atoms with Crippen molar-refractivity contribution in [1.82, 2.24) is 0 Å². The number of thiol groups is 1. The fourth-order valence-corrected chi connectivity index (χ4v) is 4.62. The van der Waals surface area contributed by atoms with Crippen molar-refractivity contribution in [3.8, 4) is 11.2 Å². The summed E-state index contributed by atoms with van der Waals surface area (Å²) >= 11 is 1.10. The van der Waals surface area contributed by atoms with E-state index in [0.717, 1.165) is 48.1 Å². The molecule has 1 saturated carbocycles. The number of aryl methyl sites for hydroxylation is 1. The molecule has 2 aromatic carbocycles. The predicted molar refractivity (Wildman–Crippen MR) is 129 cm³/mol. The predicted octanol–water partition coefficient (Wildman–Crippen LogP) is 4.75. The highest BCUT2D eigenvalue weighted by Crippen LogP contribution is 2.48. The number of hydrogen-bond donors (Lipinski definition) is 1. The van der Waals surface area contributed by atoms with Gasteiger partial charge in [0.2, 0.25) is 5.91 Å². The maximum absolute atomic E-state index is 12.5. The van der Waals surface area contributed by atoms with E-state index >= 15 is 0 Å². The number of nitrogens with one attached hydrogen (secondary N) is 1. The van der Waals surface area contributed by atoms with Crippen LogP contribution in [0.2, 0.25) is 0 Å². The van der Waals surface area contributed by atoms with Crippen molar-refractivity contribution in [3.05, 3.63) is 58.1 Å². The molecule has 1 amide bonds. The Kier molecular flexibility index (Phi) is 5.84. The molecule has 4 rings (SSSR count). The summed E-state index contributed by atoms with van der Waals surface area (Å²) in [6.07, 6.45) is 6.02. The summed E-state index contributed by atoms with van der Waals surface area (Å²) in [5.74, 6) is 3.34. The number of rotatable bonds is 4. The molecule has 0 bridgehead atoms. The molecule has 1 fully saturated rings. The molecule has 156 valence electrons. The monoisotopic (exact) mass is 419 g/mol. The normalized spacial score (nSPS) is 16.3. The molecule has 0 saturated heterocycles. The van der Waals surface area contributed by atoms with Gasteiger partial charge in [-0.1, -0.05) is 13.0 Å². The van der Waals surface area contributed by atoms with Crippen molar-refractivity contribution >= 4 is 29.0 Å². The lowest BCUT2D eigenvalue weighted by molar-refractivity contribution is -0.117. The summed E-state index contributed by atoms with van der Waals surface area (Å²) in [5, 5.41) is 6.33. The summed E-state index contributed by atoms with van der Waals surface area (Å²) in [7, 11) is 0. The van der Waals surface area contributed by atoms with Crippen LogP contribution in [0.15, 0.2) is 30.3 Å². The van der Waals surface area contributed by atoms with Crippen LogP contribution in [0.25, 0.3) is 0 Å². The van der Waals surface area contributed by atoms with Crippen LogP contribution in [0.3, 0.4) is 0 Å². The van der Waals surface area contributed by atoms with E-state index < -0.39 is 0 Å². The minimum atomic E-state index is 0.157. The second-order valence-electron chi connectivity index (χ2n) is 9.05. The van der Waals surface area contributed by atoms with Gasteiger partial charge in [0.05, 0.1) is 11.8 Å². The molecule has 1 aliphatic heterocycles. The SMILES string of the molecule is C[SH+]C#Cc1ccc(N2CCc3c(cc(C)c(NC(=O)CC4(C)CC4)c3C)C2)cc1. The molecule has 4 heteroatoms. The Hall–Kier alpha value is -2.38. The van der Waals surface area contributed by atoms with Crippen LogP contribution in [0.5, 0.6) is 0 Å². The number of hydrogen-bond acceptors (Lipinski definition) is 2. The number of anilines is 2. The summed E-state index contributed by atoms with van der Waals surface area (Å²) < 4.78 is 0. The number of nitrogens with zero attached hydrogens (tertiary/aromatic N) is 1. The van der Waals surface area contributed by atoms with E-state index in [2.05, 4.69) is 72.5 Å². The third kappa shape index (κ3) is 4.52. The largest absolute Gasteiger partial charge is 0.367 e. The van der Waals surface area contributed by atoms with E-state index in [1.54, 1.807) is 0 Å². The fraction of sp³-hybridized carbons (Fsp3) is 0.423. The minimum absolute atomic E-state index is 0.157. The van der Waals surface area contributed by atoms with Crippen LogP contribution in [-0.4, -0.2) is 18.7 Å². The average molecular weight is 420 g/mol. The van der Waals surface area contributed by atoms with Gasteiger partial charge in [-0.3, -0.25) is 4.79 Å². The standard InChI is InChI=1S/C26H30N2OS/c1-18-15-21-17-28(22-7-5-20(6-8-22)10-14-30-4)13-9-23(21)19(2)25(18)27-24(29)16-26(3)11-12-26/h5-8,15H,9,11-13,16-17H2,1-4H3,(H,27,29)/p+1. The minimum Gasteiger partial charge on any atom is -0.367 e. The van der Waals surface area contributed by atoms with Crippen molar-refractivity contribution in [3.63, 3.8) is 0 Å². The second kappa shape index (κ2) is 8.40. The topological polar surface area (TPSA) is 32.3 Å². The van der Waals surface area contributed by atoms with E-state index in [0.29, 0.717) is 6.42 Å². The number of carbonyl (C=O) groups is 1. The van der Waals surface area contributed by atoms with Crippen LogP contribution in [0, 0.1) is 30.4 Å². The third-order valence-electron chi connectivity index (χ3n) is 6.49. The van der Waals surface area contributed by atoms with Gasteiger partial charge in [-0.15, -0.1) is 0 Å². The summed E-state index contributed by atoms with van der Waals surface area (Å²) in [6.45, 7) is 8.37. The zero-order chi connectivity index (χ0) is 21.3. The molecule has 1 N–H and O–H groups in total. The smallest absolute Gasteiger partial charge is 0.224 e. The summed E-state index contributed by atoms with van der Waals surface area (Å²) in [6, 6.07) is 10.8. The van der Waals surface area contributed by atoms with Gasteiger partial charge in [0.15, 0.2) is 5.25 Å². The first-order chi connectivity index (χ1) is 14.4. The first-order valence-corrected chi connectivity index (χ1v) is 12.1. The van der Waals surface area contributed by atoms with E-state index in [1.165, 1.54) is 35.2 Å². The lowest BCUT2D eigenvalue weighted by Crippen LogP contribution is -2.31. The Balaban J connectivity index is 1.51. The molecule has 0 unspecified atom stereocenters. The van der Waals surface area contributed by atoms with Crippen molar-refractivity contribution in [1.29, 1.82) is 0 Å². The third-order valence-corrected chi connectivity index (χ3v) is 6.83. The van der Waals surface area contributed by atoms with E-state index in [-0.39, 0.29) is 11.3 Å². The lowest BCUT2D eigenvalue weighted by Gasteiger charge is -2.33. The maximum Gasteiger partial charge on any atom is 0.224 e. The summed E-state index contributed by atoms with van der Waals surface area (Å²) in [4.78, 5) is 15.0. The molecule has 0 spiro atoms. The van der Waals surface area contributed by atoms with Crippen molar-refractivity contribution in [2.45, 2.75) is 53.0 Å². The van der Waals surface area contributed by atoms with Gasteiger partial charge in [-0.25, -0.2) is 0 Å². The first-order valence-electron chi connectivity index (χ1n) is 10.8. The average Bonchev–Trinajstić information content (AvgIpc) is 3.46. The number of fused-ring (bicyclic) bond motifs is 1. The van der Waals surface area contributed by atoms with E-state index in [9.17, 15) is 4.79 Å². The molecule has 0 radical (unpaired) electrons. The summed E-state index contributed by atoms with van der Waals surface area (Å²) in [5.41, 5.74) is 8.73. The Bertz CT molecular complexity index is 1030. The molecule has 0 atom stereocenters. The molecule has 30 heavy (non-hydrogen) atoms. The molecule has 0 aromatic heterocycles. The van der Waals surface area contributed by atoms with Crippen LogP contribution in [0.1, 0.15) is 54.0 Å². The molecule has 3 nitrogen and oxygen atoms in total. The fourth-order valence-electron chi connectivity index (χ4n) is 4.38. The van der Waals surface area contributed by atoms with Gasteiger partial charge in [-0.05, 0) is 91.0 Å². The second-order valence-corrected chi connectivity index (χ2v) is 9.72. The lowest BCUT2D eigenvalue weighted by atomic mass is 9.91. The van der Waals surface area contributed by atoms with E-state index in [4.69, 9.17) is 0 Å². The molecule has 2 aliphatic rings. The van der Waals surface area contributed by atoms with Crippen LogP contribution in [0.4, 0.5) is 11.4 Å². The number of carbonyl (C=O) groups excluding carboxylic acids is 1.